The van der Waals surface area contributed by atoms with Crippen molar-refractivity contribution in [2.45, 2.75) is 19.9 Å². The van der Waals surface area contributed by atoms with E-state index in [4.69, 9.17) is 4.98 Å². The van der Waals surface area contributed by atoms with Gasteiger partial charge in [0, 0.05) is 74.9 Å². The molecule has 0 unspecified atom stereocenters. The van der Waals surface area contributed by atoms with Gasteiger partial charge in [-0.25, -0.2) is 9.97 Å². The van der Waals surface area contributed by atoms with Crippen LogP contribution in [-0.4, -0.2) is 73.0 Å². The average molecular weight is 458 g/mol. The Kier molecular flexibility index (Phi) is 5.89. The summed E-state index contributed by atoms with van der Waals surface area (Å²) in [6.45, 7) is 8.27. The highest BCUT2D eigenvalue weighted by Crippen LogP contribution is 2.32. The Balaban J connectivity index is 1.50. The minimum absolute atomic E-state index is 0.247. The fourth-order valence-electron chi connectivity index (χ4n) is 4.18. The summed E-state index contributed by atoms with van der Waals surface area (Å²) in [7, 11) is 1.84. The first kappa shape index (κ1) is 21.9. The summed E-state index contributed by atoms with van der Waals surface area (Å²) >= 11 is 0. The minimum Gasteiger partial charge on any atom is -0.367 e. The van der Waals surface area contributed by atoms with Crippen molar-refractivity contribution in [2.24, 2.45) is 7.05 Å². The molecule has 4 aromatic rings. The van der Waals surface area contributed by atoms with Crippen molar-refractivity contribution in [1.82, 2.24) is 34.8 Å². The molecule has 1 aliphatic rings. The summed E-state index contributed by atoms with van der Waals surface area (Å²) in [5.74, 6) is 0.188. The van der Waals surface area contributed by atoms with E-state index < -0.39 is 0 Å². The number of carbonyl (C=O) groups is 1. The quantitative estimate of drug-likeness (QED) is 0.488. The Morgan fingerprint density at radius 2 is 1.85 bits per heavy atom. The largest absolute Gasteiger partial charge is 0.367 e. The standard InChI is InChI=1S/C24H27N9O/c1-16(2)32-8-10-33(11-9-32)21-12-18-14-26-22(28-24(34)17-4-6-25-7-5-17)13-19(18)27-23(21)20-15-31(3)30-29-20/h4-7,12-16H,8-11H2,1-3H3,(H,26,28,34). The molecule has 1 amide bonds. The summed E-state index contributed by atoms with van der Waals surface area (Å²) in [4.78, 5) is 30.7. The maximum atomic E-state index is 12.5. The third kappa shape index (κ3) is 4.44. The minimum atomic E-state index is -0.247. The highest BCUT2D eigenvalue weighted by Gasteiger charge is 2.23. The number of hydrogen-bond acceptors (Lipinski definition) is 8. The summed E-state index contributed by atoms with van der Waals surface area (Å²) in [5.41, 5.74) is 3.75. The number of fused-ring (bicyclic) bond motifs is 1. The molecule has 1 fully saturated rings. The van der Waals surface area contributed by atoms with Crippen LogP contribution < -0.4 is 10.2 Å². The van der Waals surface area contributed by atoms with Crippen LogP contribution in [0, 0.1) is 0 Å². The van der Waals surface area contributed by atoms with E-state index in [0.29, 0.717) is 23.1 Å². The number of pyridine rings is 3. The molecule has 1 N–H and O–H groups in total. The molecule has 5 rings (SSSR count). The first-order chi connectivity index (χ1) is 16.5. The third-order valence-corrected chi connectivity index (χ3v) is 6.09. The number of aryl methyl sites for hydroxylation is 1. The van der Waals surface area contributed by atoms with E-state index in [2.05, 4.69) is 55.3 Å². The van der Waals surface area contributed by atoms with Gasteiger partial charge >= 0.3 is 0 Å². The van der Waals surface area contributed by atoms with Crippen LogP contribution in [0.3, 0.4) is 0 Å². The molecule has 1 saturated heterocycles. The van der Waals surface area contributed by atoms with Crippen molar-refractivity contribution in [3.63, 3.8) is 0 Å². The second kappa shape index (κ2) is 9.14. The van der Waals surface area contributed by atoms with Gasteiger partial charge < -0.3 is 10.2 Å². The van der Waals surface area contributed by atoms with Gasteiger partial charge in [-0.2, -0.15) is 0 Å². The number of carbonyl (C=O) groups excluding carboxylic acids is 1. The van der Waals surface area contributed by atoms with E-state index in [1.54, 1.807) is 41.5 Å². The monoisotopic (exact) mass is 457 g/mol. The lowest BCUT2D eigenvalue weighted by atomic mass is 10.1. The highest BCUT2D eigenvalue weighted by atomic mass is 16.1. The highest BCUT2D eigenvalue weighted by molar-refractivity contribution is 6.04. The number of piperazine rings is 1. The number of anilines is 2. The van der Waals surface area contributed by atoms with Gasteiger partial charge in [-0.3, -0.25) is 19.4 Å². The van der Waals surface area contributed by atoms with Crippen molar-refractivity contribution in [2.75, 3.05) is 36.4 Å². The zero-order valence-electron chi connectivity index (χ0n) is 19.5. The lowest BCUT2D eigenvalue weighted by molar-refractivity contribution is 0.102. The van der Waals surface area contributed by atoms with Crippen LogP contribution in [0.4, 0.5) is 11.5 Å². The fourth-order valence-corrected chi connectivity index (χ4v) is 4.18. The molecule has 10 heteroatoms. The molecule has 5 heterocycles. The molecular formula is C24H27N9O. The van der Waals surface area contributed by atoms with E-state index in [-0.39, 0.29) is 5.91 Å². The lowest BCUT2D eigenvalue weighted by Gasteiger charge is -2.38. The molecule has 0 aromatic carbocycles. The summed E-state index contributed by atoms with van der Waals surface area (Å²) in [6, 6.07) is 7.74. The van der Waals surface area contributed by atoms with Crippen LogP contribution in [0.15, 0.2) is 49.1 Å². The predicted octanol–water partition coefficient (Wildman–Crippen LogP) is 2.60. The van der Waals surface area contributed by atoms with Gasteiger partial charge in [0.15, 0.2) is 0 Å². The number of nitrogens with one attached hydrogen (secondary N) is 1. The first-order valence-corrected chi connectivity index (χ1v) is 11.4. The van der Waals surface area contributed by atoms with Crippen molar-refractivity contribution < 1.29 is 4.79 Å². The van der Waals surface area contributed by atoms with Crippen molar-refractivity contribution in [3.8, 4) is 11.4 Å². The Labute approximate surface area is 197 Å². The third-order valence-electron chi connectivity index (χ3n) is 6.09. The molecule has 0 atom stereocenters. The van der Waals surface area contributed by atoms with E-state index in [9.17, 15) is 4.79 Å². The molecule has 174 valence electrons. The average Bonchev–Trinajstić information content (AvgIpc) is 3.30. The molecule has 4 aromatic heterocycles. The normalized spacial score (nSPS) is 14.6. The Hall–Kier alpha value is -3.92. The smallest absolute Gasteiger partial charge is 0.256 e. The van der Waals surface area contributed by atoms with E-state index in [1.165, 1.54) is 0 Å². The number of hydrogen-bond donors (Lipinski definition) is 1. The summed E-state index contributed by atoms with van der Waals surface area (Å²) in [6.07, 6.45) is 6.79. The maximum absolute atomic E-state index is 12.5. The predicted molar refractivity (Wildman–Crippen MR) is 131 cm³/mol. The van der Waals surface area contributed by atoms with Gasteiger partial charge in [0.25, 0.3) is 5.91 Å². The van der Waals surface area contributed by atoms with Crippen LogP contribution in [0.1, 0.15) is 24.2 Å². The van der Waals surface area contributed by atoms with Crippen molar-refractivity contribution in [1.29, 1.82) is 0 Å². The van der Waals surface area contributed by atoms with Crippen LogP contribution in [-0.2, 0) is 7.05 Å². The fraction of sp³-hybridized carbons (Fsp3) is 0.333. The maximum Gasteiger partial charge on any atom is 0.256 e. The second-order valence-electron chi connectivity index (χ2n) is 8.70. The first-order valence-electron chi connectivity index (χ1n) is 11.4. The molecule has 0 radical (unpaired) electrons. The van der Waals surface area contributed by atoms with Crippen LogP contribution >= 0.6 is 0 Å². The number of amides is 1. The Morgan fingerprint density at radius 1 is 1.09 bits per heavy atom. The second-order valence-corrected chi connectivity index (χ2v) is 8.70. The van der Waals surface area contributed by atoms with E-state index in [0.717, 1.165) is 48.5 Å². The van der Waals surface area contributed by atoms with Gasteiger partial charge in [-0.15, -0.1) is 5.10 Å². The molecule has 10 nitrogen and oxygen atoms in total. The molecule has 0 saturated carbocycles. The molecule has 0 aliphatic carbocycles. The van der Waals surface area contributed by atoms with Gasteiger partial charge in [0.2, 0.25) is 0 Å². The van der Waals surface area contributed by atoms with Crippen LogP contribution in [0.2, 0.25) is 0 Å². The van der Waals surface area contributed by atoms with E-state index in [1.807, 2.05) is 13.2 Å². The van der Waals surface area contributed by atoms with Gasteiger partial charge in [0.1, 0.15) is 17.2 Å². The van der Waals surface area contributed by atoms with Gasteiger partial charge in [-0.05, 0) is 32.0 Å². The number of rotatable bonds is 5. The van der Waals surface area contributed by atoms with Crippen LogP contribution in [0.5, 0.6) is 0 Å². The zero-order chi connectivity index (χ0) is 23.7. The SMILES string of the molecule is CC(C)N1CCN(c2cc3cnc(NC(=O)c4ccncc4)cc3nc2-c2cn(C)nn2)CC1. The number of nitrogens with zero attached hydrogens (tertiary/aromatic N) is 8. The zero-order valence-corrected chi connectivity index (χ0v) is 19.5. The molecular weight excluding hydrogens is 430 g/mol. The van der Waals surface area contributed by atoms with Gasteiger partial charge in [0.05, 0.1) is 17.4 Å². The molecule has 0 bridgehead atoms. The summed E-state index contributed by atoms with van der Waals surface area (Å²) < 4.78 is 1.68. The lowest BCUT2D eigenvalue weighted by Crippen LogP contribution is -2.49. The summed E-state index contributed by atoms with van der Waals surface area (Å²) in [5, 5.41) is 12.2. The van der Waals surface area contributed by atoms with Crippen molar-refractivity contribution >= 4 is 28.3 Å². The topological polar surface area (TPSA) is 105 Å². The molecule has 34 heavy (non-hydrogen) atoms. The van der Waals surface area contributed by atoms with Crippen molar-refractivity contribution in [3.05, 3.63) is 54.6 Å². The molecule has 0 spiro atoms. The Morgan fingerprint density at radius 3 is 2.53 bits per heavy atom. The number of aromatic nitrogens is 6. The van der Waals surface area contributed by atoms with Crippen LogP contribution in [0.25, 0.3) is 22.3 Å². The Bertz CT molecular complexity index is 1310. The van der Waals surface area contributed by atoms with Gasteiger partial charge in [-0.1, -0.05) is 5.21 Å². The van der Waals surface area contributed by atoms with E-state index >= 15 is 0 Å². The molecule has 1 aliphatic heterocycles.